The van der Waals surface area contributed by atoms with Gasteiger partial charge in [-0.1, -0.05) is 0 Å². The maximum atomic E-state index is 10.4. The minimum absolute atomic E-state index is 0.215. The first-order valence-corrected chi connectivity index (χ1v) is 1.87. The van der Waals surface area contributed by atoms with E-state index < -0.39 is 5.60 Å². The zero-order chi connectivity index (χ0) is 6.08. The summed E-state index contributed by atoms with van der Waals surface area (Å²) in [5, 5.41) is 10.4. The average molecular weight is 96.1 g/mol. The summed E-state index contributed by atoms with van der Waals surface area (Å²) in [5.74, 6) is 0. The molecule has 38 valence electrons. The highest BCUT2D eigenvalue weighted by Gasteiger charge is 2.06. The van der Waals surface area contributed by atoms with Gasteiger partial charge in [0, 0.05) is 20.4 Å². The van der Waals surface area contributed by atoms with Crippen LogP contribution in [-0.4, -0.2) is 5.60 Å². The van der Waals surface area contributed by atoms with Crippen LogP contribution < -0.4 is 5.11 Å². The Labute approximate surface area is 44.7 Å². The fourth-order valence-electron chi connectivity index (χ4n) is 0. The molecule has 0 atom stereocenters. The number of hydrogen-bond donors (Lipinski definition) is 0. The Balaban J connectivity index is 3.79. The molecule has 0 saturated heterocycles. The summed E-state index contributed by atoms with van der Waals surface area (Å²) in [6.45, 7) is 12.8. The summed E-state index contributed by atoms with van der Waals surface area (Å²) in [6, 6.07) is 0. The van der Waals surface area contributed by atoms with Crippen molar-refractivity contribution in [2.75, 3.05) is 0 Å². The molecule has 0 aromatic carbocycles. The summed E-state index contributed by atoms with van der Waals surface area (Å²) < 4.78 is 0. The van der Waals surface area contributed by atoms with Gasteiger partial charge in [-0.05, 0) is 5.60 Å². The molecular formula is C6H8O. The summed E-state index contributed by atoms with van der Waals surface area (Å²) in [7, 11) is 0. The molecule has 0 amide bonds. The van der Waals surface area contributed by atoms with E-state index in [-0.39, 0.29) is 5.57 Å². The molecule has 0 aliphatic rings. The molecule has 0 aliphatic carbocycles. The van der Waals surface area contributed by atoms with Gasteiger partial charge in [0.2, 0.25) is 0 Å². The van der Waals surface area contributed by atoms with E-state index in [0.717, 1.165) is 0 Å². The van der Waals surface area contributed by atoms with Crippen LogP contribution in [0.5, 0.6) is 0 Å². The van der Waals surface area contributed by atoms with Gasteiger partial charge in [0.25, 0.3) is 0 Å². The van der Waals surface area contributed by atoms with Crippen LogP contribution >= 0.6 is 0 Å². The fraction of sp³-hybridized carbons (Fsp3) is 0.167. The Morgan fingerprint density at radius 1 is 1.86 bits per heavy atom. The zero-order valence-corrected chi connectivity index (χ0v) is 4.24. The van der Waals surface area contributed by atoms with Crippen LogP contribution in [0.3, 0.4) is 0 Å². The third-order valence-electron chi connectivity index (χ3n) is 0.644. The van der Waals surface area contributed by atoms with Crippen molar-refractivity contribution < 1.29 is 5.11 Å². The number of rotatable bonds is 1. The van der Waals surface area contributed by atoms with Crippen LogP contribution in [0.25, 0.3) is 0 Å². The molecule has 0 unspecified atom stereocenters. The highest BCUT2D eigenvalue weighted by Crippen LogP contribution is 2.04. The van der Waals surface area contributed by atoms with Gasteiger partial charge in [0.15, 0.2) is 0 Å². The Morgan fingerprint density at radius 2 is 2.00 bits per heavy atom. The van der Waals surface area contributed by atoms with Gasteiger partial charge in [-0.15, -0.1) is 0 Å². The summed E-state index contributed by atoms with van der Waals surface area (Å²) in [4.78, 5) is 0. The van der Waals surface area contributed by atoms with Gasteiger partial charge < -0.3 is 12.0 Å². The van der Waals surface area contributed by atoms with Crippen LogP contribution in [0.15, 0.2) is 12.2 Å². The molecule has 1 nitrogen and oxygen atoms in total. The van der Waals surface area contributed by atoms with Crippen molar-refractivity contribution in [3.63, 3.8) is 0 Å². The summed E-state index contributed by atoms with van der Waals surface area (Å²) >= 11 is 0. The Morgan fingerprint density at radius 3 is 2.00 bits per heavy atom. The molecule has 1 heteroatoms. The van der Waals surface area contributed by atoms with E-state index in [2.05, 4.69) is 27.4 Å². The highest BCUT2D eigenvalue weighted by molar-refractivity contribution is 5.17. The van der Waals surface area contributed by atoms with Gasteiger partial charge in [-0.25, -0.2) is 0 Å². The Hall–Kier alpha value is -0.560. The van der Waals surface area contributed by atoms with Crippen molar-refractivity contribution in [3.05, 3.63) is 32.9 Å². The molecular weight excluding hydrogens is 88.1 g/mol. The highest BCUT2D eigenvalue weighted by atomic mass is 16.3. The van der Waals surface area contributed by atoms with E-state index in [0.29, 0.717) is 0 Å². The molecule has 0 saturated carbocycles. The molecule has 0 bridgehead atoms. The van der Waals surface area contributed by atoms with Gasteiger partial charge in [-0.2, -0.15) is 0 Å². The quantitative estimate of drug-likeness (QED) is 0.426. The van der Waals surface area contributed by atoms with E-state index in [1.54, 1.807) is 0 Å². The average Bonchev–Trinajstić information content (AvgIpc) is 1.31. The lowest BCUT2D eigenvalue weighted by atomic mass is 10.0. The summed E-state index contributed by atoms with van der Waals surface area (Å²) in [5.41, 5.74) is -1.34. The van der Waals surface area contributed by atoms with E-state index in [4.69, 9.17) is 0 Å². The first-order valence-electron chi connectivity index (χ1n) is 1.87. The molecule has 0 fully saturated rings. The maximum Gasteiger partial charge on any atom is 0.0988 e. The van der Waals surface area contributed by atoms with Crippen LogP contribution in [0.2, 0.25) is 0 Å². The van der Waals surface area contributed by atoms with Crippen molar-refractivity contribution in [1.82, 2.24) is 0 Å². The second-order valence-corrected chi connectivity index (χ2v) is 1.60. The monoisotopic (exact) mass is 96.1 g/mol. The molecule has 0 heterocycles. The van der Waals surface area contributed by atoms with Crippen LogP contribution in [0.1, 0.15) is 0 Å². The minimum atomic E-state index is -1.56. The predicted molar refractivity (Wildman–Crippen MR) is 27.9 cm³/mol. The lowest BCUT2D eigenvalue weighted by Crippen LogP contribution is -2.38. The van der Waals surface area contributed by atoms with Gasteiger partial charge in [0.05, 0.1) is 5.57 Å². The third-order valence-corrected chi connectivity index (χ3v) is 0.644. The standard InChI is InChI=1S/C6H8O/c1-5(2)6(3,4)7/h1-4H2. The lowest BCUT2D eigenvalue weighted by Gasteiger charge is -2.26. The first kappa shape index (κ1) is 6.44. The van der Waals surface area contributed by atoms with Crippen LogP contribution in [0, 0.1) is 20.8 Å². The first-order chi connectivity index (χ1) is 2.94. The molecule has 0 aliphatic heterocycles. The topological polar surface area (TPSA) is 23.1 Å². The Kier molecular flexibility index (Phi) is 1.39. The van der Waals surface area contributed by atoms with Gasteiger partial charge >= 0.3 is 0 Å². The van der Waals surface area contributed by atoms with E-state index in [1.807, 2.05) is 0 Å². The predicted octanol–water partition coefficient (Wildman–Crippen LogP) is 0.144. The Bertz CT molecular complexity index is 76.7. The SMILES string of the molecule is C=C([CH2+])C([CH2+])([CH2-])[O-]. The molecule has 0 radical (unpaired) electrons. The van der Waals surface area contributed by atoms with Crippen molar-refractivity contribution in [1.29, 1.82) is 0 Å². The fourth-order valence-corrected chi connectivity index (χ4v) is 0. The van der Waals surface area contributed by atoms with E-state index in [1.165, 1.54) is 0 Å². The van der Waals surface area contributed by atoms with Crippen molar-refractivity contribution in [2.45, 2.75) is 5.60 Å². The van der Waals surface area contributed by atoms with Gasteiger partial charge in [0.1, 0.15) is 0 Å². The molecule has 0 spiro atoms. The van der Waals surface area contributed by atoms with Crippen molar-refractivity contribution in [2.24, 2.45) is 0 Å². The second kappa shape index (κ2) is 1.51. The normalized spacial score (nSPS) is 18.0. The molecule has 0 N–H and O–H groups in total. The number of hydrogen-bond acceptors (Lipinski definition) is 1. The van der Waals surface area contributed by atoms with Crippen molar-refractivity contribution in [3.8, 4) is 0 Å². The molecule has 0 aromatic rings. The summed E-state index contributed by atoms with van der Waals surface area (Å²) in [6.07, 6.45) is 0. The van der Waals surface area contributed by atoms with Gasteiger partial charge in [-0.3, -0.25) is 0 Å². The smallest absolute Gasteiger partial charge is 0.0988 e. The van der Waals surface area contributed by atoms with E-state index in [9.17, 15) is 5.11 Å². The van der Waals surface area contributed by atoms with E-state index >= 15 is 0 Å². The molecule has 0 rings (SSSR count). The molecule has 0 aromatic heterocycles. The largest absolute Gasteiger partial charge is 0.832 e. The minimum Gasteiger partial charge on any atom is -0.832 e. The lowest BCUT2D eigenvalue weighted by molar-refractivity contribution is -0.428. The van der Waals surface area contributed by atoms with Crippen LogP contribution in [0.4, 0.5) is 0 Å². The zero-order valence-electron chi connectivity index (χ0n) is 4.24. The maximum absolute atomic E-state index is 10.4. The van der Waals surface area contributed by atoms with Crippen molar-refractivity contribution >= 4 is 0 Å². The third kappa shape index (κ3) is 2.18. The molecule has 7 heavy (non-hydrogen) atoms. The second-order valence-electron chi connectivity index (χ2n) is 1.60. The van der Waals surface area contributed by atoms with Crippen LogP contribution in [-0.2, 0) is 0 Å².